The molecule has 0 radical (unpaired) electrons. The van der Waals surface area contributed by atoms with E-state index in [4.69, 9.17) is 4.74 Å². The highest BCUT2D eigenvalue weighted by atomic mass is 32.1. The second-order valence-corrected chi connectivity index (χ2v) is 9.33. The van der Waals surface area contributed by atoms with Crippen molar-refractivity contribution in [2.24, 2.45) is 5.92 Å². The highest BCUT2D eigenvalue weighted by molar-refractivity contribution is 7.12. The number of carbonyl (C=O) groups is 2. The molecule has 2 amide bonds. The van der Waals surface area contributed by atoms with Crippen LogP contribution in [0.4, 0.5) is 0 Å². The number of hydrogen-bond acceptors (Lipinski definition) is 4. The second-order valence-electron chi connectivity index (χ2n) is 8.39. The first-order chi connectivity index (χ1) is 15.5. The van der Waals surface area contributed by atoms with Crippen molar-refractivity contribution in [1.82, 2.24) is 10.2 Å². The lowest BCUT2D eigenvalue weighted by Crippen LogP contribution is -2.40. The summed E-state index contributed by atoms with van der Waals surface area (Å²) in [6.07, 6.45) is 0.783. The summed E-state index contributed by atoms with van der Waals surface area (Å²) in [5.41, 5.74) is 3.31. The van der Waals surface area contributed by atoms with Gasteiger partial charge in [0.05, 0.1) is 10.9 Å². The second kappa shape index (κ2) is 10.0. The van der Waals surface area contributed by atoms with Gasteiger partial charge in [-0.3, -0.25) is 9.59 Å². The van der Waals surface area contributed by atoms with E-state index in [-0.39, 0.29) is 24.5 Å². The quantitative estimate of drug-likeness (QED) is 0.571. The molecule has 1 aliphatic heterocycles. The molecule has 1 N–H and O–H groups in total. The number of thiophene rings is 1. The van der Waals surface area contributed by atoms with Crippen LogP contribution in [0.5, 0.6) is 5.75 Å². The van der Waals surface area contributed by atoms with Crippen LogP contribution in [0.25, 0.3) is 0 Å². The monoisotopic (exact) mass is 448 g/mol. The van der Waals surface area contributed by atoms with E-state index in [1.165, 1.54) is 16.9 Å². The smallest absolute Gasteiger partial charge is 0.264 e. The minimum absolute atomic E-state index is 0.0284. The van der Waals surface area contributed by atoms with Crippen LogP contribution in [0.2, 0.25) is 0 Å². The number of amides is 2. The number of nitrogens with zero attached hydrogens (tertiary/aromatic N) is 1. The average Bonchev–Trinajstić information content (AvgIpc) is 3.35. The lowest BCUT2D eigenvalue weighted by Gasteiger charge is -2.37. The number of benzene rings is 2. The largest absolute Gasteiger partial charge is 0.484 e. The van der Waals surface area contributed by atoms with E-state index in [0.717, 1.165) is 22.4 Å². The third-order valence-electron chi connectivity index (χ3n) is 5.53. The van der Waals surface area contributed by atoms with E-state index in [9.17, 15) is 9.59 Å². The first-order valence-electron chi connectivity index (χ1n) is 10.9. The number of hydrogen-bond donors (Lipinski definition) is 1. The number of carbonyl (C=O) groups excluding carboxylic acids is 2. The van der Waals surface area contributed by atoms with E-state index in [1.54, 1.807) is 0 Å². The summed E-state index contributed by atoms with van der Waals surface area (Å²) in [6, 6.07) is 19.6. The minimum Gasteiger partial charge on any atom is -0.484 e. The predicted octanol–water partition coefficient (Wildman–Crippen LogP) is 4.69. The number of ether oxygens (including phenoxy) is 1. The maximum Gasteiger partial charge on any atom is 0.264 e. The van der Waals surface area contributed by atoms with Crippen LogP contribution in [-0.2, 0) is 11.2 Å². The summed E-state index contributed by atoms with van der Waals surface area (Å²) >= 11 is 1.46. The Bertz CT molecular complexity index is 1060. The molecule has 0 aliphatic carbocycles. The van der Waals surface area contributed by atoms with Crippen LogP contribution in [-0.4, -0.2) is 36.4 Å². The third kappa shape index (κ3) is 5.02. The molecule has 3 aromatic rings. The summed E-state index contributed by atoms with van der Waals surface area (Å²) in [6.45, 7) is 5.36. The van der Waals surface area contributed by atoms with Gasteiger partial charge < -0.3 is 15.0 Å². The van der Waals surface area contributed by atoms with Gasteiger partial charge in [-0.05, 0) is 52.6 Å². The summed E-state index contributed by atoms with van der Waals surface area (Å²) < 4.78 is 5.80. The standard InChI is InChI=1S/C26H28N2O3S/c1-18(2)16-27-24(29)17-31-21-11-10-19-12-13-28(26(30)23-9-6-14-32-23)25(22(19)15-21)20-7-4-3-5-8-20/h3-11,14-15,18,25H,12-13,16-17H2,1-2H3,(H,27,29). The van der Waals surface area contributed by atoms with Gasteiger partial charge >= 0.3 is 0 Å². The lowest BCUT2D eigenvalue weighted by molar-refractivity contribution is -0.123. The molecule has 5 nitrogen and oxygen atoms in total. The fourth-order valence-corrected chi connectivity index (χ4v) is 4.64. The van der Waals surface area contributed by atoms with Crippen molar-refractivity contribution < 1.29 is 14.3 Å². The van der Waals surface area contributed by atoms with Gasteiger partial charge in [0.1, 0.15) is 5.75 Å². The molecule has 1 atom stereocenters. The van der Waals surface area contributed by atoms with Crippen molar-refractivity contribution in [3.8, 4) is 5.75 Å². The first kappa shape index (κ1) is 22.1. The molecule has 0 fully saturated rings. The molecule has 2 heterocycles. The van der Waals surface area contributed by atoms with Gasteiger partial charge in [-0.1, -0.05) is 56.3 Å². The molecule has 166 valence electrons. The van der Waals surface area contributed by atoms with Crippen molar-refractivity contribution >= 4 is 23.2 Å². The number of fused-ring (bicyclic) bond motifs is 1. The van der Waals surface area contributed by atoms with Gasteiger partial charge in [0, 0.05) is 13.1 Å². The Morgan fingerprint density at radius 1 is 1.12 bits per heavy atom. The summed E-state index contributed by atoms with van der Waals surface area (Å²) in [5.74, 6) is 0.931. The first-order valence-corrected chi connectivity index (χ1v) is 11.8. The van der Waals surface area contributed by atoms with E-state index in [1.807, 2.05) is 52.7 Å². The highest BCUT2D eigenvalue weighted by Crippen LogP contribution is 2.38. The Balaban J connectivity index is 1.61. The molecule has 0 saturated carbocycles. The molecular weight excluding hydrogens is 420 g/mol. The predicted molar refractivity (Wildman–Crippen MR) is 127 cm³/mol. The van der Waals surface area contributed by atoms with Gasteiger partial charge in [-0.2, -0.15) is 0 Å². The van der Waals surface area contributed by atoms with Crippen molar-refractivity contribution in [1.29, 1.82) is 0 Å². The van der Waals surface area contributed by atoms with Crippen LogP contribution >= 0.6 is 11.3 Å². The Morgan fingerprint density at radius 2 is 1.94 bits per heavy atom. The molecule has 0 saturated heterocycles. The van der Waals surface area contributed by atoms with E-state index in [2.05, 4.69) is 37.4 Å². The van der Waals surface area contributed by atoms with E-state index in [0.29, 0.717) is 24.8 Å². The van der Waals surface area contributed by atoms with Crippen LogP contribution in [0.15, 0.2) is 66.0 Å². The average molecular weight is 449 g/mol. The Kier molecular flexibility index (Phi) is 6.90. The fourth-order valence-electron chi connectivity index (χ4n) is 3.96. The summed E-state index contributed by atoms with van der Waals surface area (Å²) in [4.78, 5) is 28.1. The fraction of sp³-hybridized carbons (Fsp3) is 0.308. The molecule has 4 rings (SSSR count). The molecule has 1 unspecified atom stereocenters. The van der Waals surface area contributed by atoms with Crippen molar-refractivity contribution in [2.45, 2.75) is 26.3 Å². The molecule has 1 aromatic heterocycles. The Labute approximate surface area is 193 Å². The van der Waals surface area contributed by atoms with Gasteiger partial charge in [0.15, 0.2) is 6.61 Å². The lowest BCUT2D eigenvalue weighted by atomic mass is 9.88. The maximum absolute atomic E-state index is 13.3. The van der Waals surface area contributed by atoms with Crippen molar-refractivity contribution in [3.05, 3.63) is 87.6 Å². The van der Waals surface area contributed by atoms with Gasteiger partial charge in [0.2, 0.25) is 0 Å². The molecule has 2 aromatic carbocycles. The summed E-state index contributed by atoms with van der Waals surface area (Å²) in [7, 11) is 0. The van der Waals surface area contributed by atoms with Crippen molar-refractivity contribution in [3.63, 3.8) is 0 Å². The molecule has 0 spiro atoms. The van der Waals surface area contributed by atoms with Gasteiger partial charge in [-0.25, -0.2) is 0 Å². The normalized spacial score (nSPS) is 15.3. The molecular formula is C26H28N2O3S. The van der Waals surface area contributed by atoms with Crippen LogP contribution < -0.4 is 10.1 Å². The molecule has 0 bridgehead atoms. The number of nitrogens with one attached hydrogen (secondary N) is 1. The highest BCUT2D eigenvalue weighted by Gasteiger charge is 2.33. The maximum atomic E-state index is 13.3. The molecule has 32 heavy (non-hydrogen) atoms. The van der Waals surface area contributed by atoms with Gasteiger partial charge in [0.25, 0.3) is 11.8 Å². The van der Waals surface area contributed by atoms with E-state index >= 15 is 0 Å². The molecule has 1 aliphatic rings. The van der Waals surface area contributed by atoms with Crippen molar-refractivity contribution in [2.75, 3.05) is 19.7 Å². The van der Waals surface area contributed by atoms with Gasteiger partial charge in [-0.15, -0.1) is 11.3 Å². The summed E-state index contributed by atoms with van der Waals surface area (Å²) in [5, 5.41) is 4.80. The van der Waals surface area contributed by atoms with Crippen LogP contribution in [0.3, 0.4) is 0 Å². The van der Waals surface area contributed by atoms with Crippen LogP contribution in [0.1, 0.15) is 46.3 Å². The van der Waals surface area contributed by atoms with E-state index < -0.39 is 0 Å². The topological polar surface area (TPSA) is 58.6 Å². The Hall–Kier alpha value is -3.12. The zero-order valence-electron chi connectivity index (χ0n) is 18.4. The van der Waals surface area contributed by atoms with Crippen LogP contribution in [0, 0.1) is 5.92 Å². The minimum atomic E-state index is -0.201. The number of rotatable bonds is 7. The zero-order chi connectivity index (χ0) is 22.5. The SMILES string of the molecule is CC(C)CNC(=O)COc1ccc2c(c1)C(c1ccccc1)N(C(=O)c1cccs1)CC2. The molecule has 6 heteroatoms. The Morgan fingerprint density at radius 3 is 2.66 bits per heavy atom. The third-order valence-corrected chi connectivity index (χ3v) is 6.39. The zero-order valence-corrected chi connectivity index (χ0v) is 19.2.